The second-order valence-electron chi connectivity index (χ2n) is 6.58. The number of aromatic nitrogens is 4. The number of aryl methyl sites for hydroxylation is 2. The summed E-state index contributed by atoms with van der Waals surface area (Å²) >= 11 is 0. The fraction of sp³-hybridized carbons (Fsp3) is 0.300. The molecule has 6 heteroatoms. The van der Waals surface area contributed by atoms with Gasteiger partial charge in [0.05, 0.1) is 6.54 Å². The van der Waals surface area contributed by atoms with E-state index in [1.54, 1.807) is 12.3 Å². The Labute approximate surface area is 153 Å². The van der Waals surface area contributed by atoms with Crippen molar-refractivity contribution in [3.05, 3.63) is 65.5 Å². The number of amides is 1. The average molecular weight is 349 g/mol. The van der Waals surface area contributed by atoms with Crippen LogP contribution in [0.4, 0.5) is 0 Å². The lowest BCUT2D eigenvalue weighted by Crippen LogP contribution is -2.24. The summed E-state index contributed by atoms with van der Waals surface area (Å²) in [6.07, 6.45) is 3.73. The van der Waals surface area contributed by atoms with Gasteiger partial charge in [-0.1, -0.05) is 12.1 Å². The Balaban J connectivity index is 1.77. The average Bonchev–Trinajstić information content (AvgIpc) is 3.09. The number of rotatable bonds is 5. The van der Waals surface area contributed by atoms with E-state index in [0.717, 1.165) is 22.8 Å². The normalized spacial score (nSPS) is 11.0. The molecule has 1 amide bonds. The van der Waals surface area contributed by atoms with E-state index in [9.17, 15) is 4.79 Å². The molecule has 0 saturated carbocycles. The van der Waals surface area contributed by atoms with Crippen LogP contribution in [0.2, 0.25) is 0 Å². The van der Waals surface area contributed by atoms with Gasteiger partial charge in [0.1, 0.15) is 11.6 Å². The summed E-state index contributed by atoms with van der Waals surface area (Å²) in [6.45, 7) is 8.34. The van der Waals surface area contributed by atoms with Crippen LogP contribution in [0.1, 0.15) is 47.5 Å². The van der Waals surface area contributed by atoms with Gasteiger partial charge in [-0.3, -0.25) is 4.79 Å². The van der Waals surface area contributed by atoms with Crippen LogP contribution < -0.4 is 5.32 Å². The molecule has 0 aliphatic carbocycles. The number of carbonyl (C=O) groups is 1. The highest BCUT2D eigenvalue weighted by Gasteiger charge is 2.12. The number of imidazole rings is 1. The van der Waals surface area contributed by atoms with Crippen molar-refractivity contribution in [3.63, 3.8) is 0 Å². The molecule has 0 spiro atoms. The van der Waals surface area contributed by atoms with Crippen LogP contribution in [0.3, 0.4) is 0 Å². The molecule has 3 rings (SSSR count). The summed E-state index contributed by atoms with van der Waals surface area (Å²) in [5.74, 6) is 1.31. The van der Waals surface area contributed by atoms with Crippen molar-refractivity contribution in [2.75, 3.05) is 0 Å². The summed E-state index contributed by atoms with van der Waals surface area (Å²) in [5, 5.41) is 2.89. The van der Waals surface area contributed by atoms with E-state index in [1.807, 2.05) is 44.3 Å². The van der Waals surface area contributed by atoms with E-state index in [4.69, 9.17) is 0 Å². The first-order valence-corrected chi connectivity index (χ1v) is 8.66. The quantitative estimate of drug-likeness (QED) is 0.765. The molecule has 0 radical (unpaired) electrons. The number of nitrogens with one attached hydrogen (secondary N) is 1. The van der Waals surface area contributed by atoms with Crippen LogP contribution in [-0.4, -0.2) is 25.4 Å². The first-order chi connectivity index (χ1) is 12.4. The molecule has 3 aromatic rings. The molecule has 0 saturated heterocycles. The molecule has 26 heavy (non-hydrogen) atoms. The summed E-state index contributed by atoms with van der Waals surface area (Å²) in [7, 11) is 0. The van der Waals surface area contributed by atoms with E-state index < -0.39 is 0 Å². The SMILES string of the molecule is Cc1cc(C)nc(CNC(=O)c2cccc(-c3nccn3C(C)C)c2)n1. The number of hydrogen-bond donors (Lipinski definition) is 1. The fourth-order valence-electron chi connectivity index (χ4n) is 2.89. The zero-order valence-corrected chi connectivity index (χ0v) is 15.5. The minimum atomic E-state index is -0.155. The minimum Gasteiger partial charge on any atom is -0.345 e. The molecule has 2 heterocycles. The van der Waals surface area contributed by atoms with Gasteiger partial charge in [-0.25, -0.2) is 15.0 Å². The monoisotopic (exact) mass is 349 g/mol. The van der Waals surface area contributed by atoms with E-state index in [1.165, 1.54) is 0 Å². The maximum Gasteiger partial charge on any atom is 0.251 e. The Bertz CT molecular complexity index is 909. The third kappa shape index (κ3) is 3.96. The summed E-state index contributed by atoms with van der Waals surface area (Å²) in [6, 6.07) is 9.70. The smallest absolute Gasteiger partial charge is 0.251 e. The van der Waals surface area contributed by atoms with E-state index in [-0.39, 0.29) is 5.91 Å². The van der Waals surface area contributed by atoms with E-state index in [0.29, 0.717) is 24.0 Å². The Morgan fingerprint density at radius 2 is 1.88 bits per heavy atom. The third-order valence-electron chi connectivity index (χ3n) is 4.04. The fourth-order valence-corrected chi connectivity index (χ4v) is 2.89. The van der Waals surface area contributed by atoms with Crippen molar-refractivity contribution in [3.8, 4) is 11.4 Å². The zero-order chi connectivity index (χ0) is 18.7. The first-order valence-electron chi connectivity index (χ1n) is 8.66. The molecule has 0 atom stereocenters. The highest BCUT2D eigenvalue weighted by atomic mass is 16.1. The van der Waals surface area contributed by atoms with Crippen LogP contribution in [0.25, 0.3) is 11.4 Å². The number of carbonyl (C=O) groups excluding carboxylic acids is 1. The van der Waals surface area contributed by atoms with Crippen molar-refractivity contribution in [1.29, 1.82) is 0 Å². The first kappa shape index (κ1) is 17.8. The van der Waals surface area contributed by atoms with Crippen molar-refractivity contribution >= 4 is 5.91 Å². The Hall–Kier alpha value is -3.02. The van der Waals surface area contributed by atoms with Gasteiger partial charge >= 0.3 is 0 Å². The molecule has 0 aliphatic rings. The lowest BCUT2D eigenvalue weighted by Gasteiger charge is -2.12. The second-order valence-corrected chi connectivity index (χ2v) is 6.58. The maximum atomic E-state index is 12.5. The molecular weight excluding hydrogens is 326 g/mol. The third-order valence-corrected chi connectivity index (χ3v) is 4.04. The van der Waals surface area contributed by atoms with Gasteiger partial charge in [0.2, 0.25) is 0 Å². The van der Waals surface area contributed by atoms with Crippen molar-refractivity contribution in [1.82, 2.24) is 24.8 Å². The Morgan fingerprint density at radius 3 is 2.58 bits per heavy atom. The van der Waals surface area contributed by atoms with Crippen molar-refractivity contribution < 1.29 is 4.79 Å². The molecule has 1 N–H and O–H groups in total. The molecule has 0 fully saturated rings. The maximum absolute atomic E-state index is 12.5. The van der Waals surface area contributed by atoms with Crippen LogP contribution in [0, 0.1) is 13.8 Å². The summed E-state index contributed by atoms with van der Waals surface area (Å²) < 4.78 is 2.08. The Morgan fingerprint density at radius 1 is 1.15 bits per heavy atom. The highest BCUT2D eigenvalue weighted by molar-refractivity contribution is 5.95. The van der Waals surface area contributed by atoms with Crippen LogP contribution >= 0.6 is 0 Å². The molecule has 0 unspecified atom stereocenters. The van der Waals surface area contributed by atoms with Gasteiger partial charge < -0.3 is 9.88 Å². The molecule has 134 valence electrons. The molecule has 2 aromatic heterocycles. The van der Waals surface area contributed by atoms with Gasteiger partial charge in [0.25, 0.3) is 5.91 Å². The molecular formula is C20H23N5O. The predicted molar refractivity (Wildman–Crippen MR) is 101 cm³/mol. The van der Waals surface area contributed by atoms with E-state index in [2.05, 4.69) is 38.7 Å². The second kappa shape index (κ2) is 7.47. The number of benzene rings is 1. The molecule has 1 aromatic carbocycles. The van der Waals surface area contributed by atoms with Gasteiger partial charge in [-0.15, -0.1) is 0 Å². The molecule has 0 aliphatic heterocycles. The highest BCUT2D eigenvalue weighted by Crippen LogP contribution is 2.22. The van der Waals surface area contributed by atoms with Crippen LogP contribution in [-0.2, 0) is 6.54 Å². The number of hydrogen-bond acceptors (Lipinski definition) is 4. The lowest BCUT2D eigenvalue weighted by atomic mass is 10.1. The largest absolute Gasteiger partial charge is 0.345 e. The van der Waals surface area contributed by atoms with E-state index >= 15 is 0 Å². The van der Waals surface area contributed by atoms with Gasteiger partial charge in [-0.05, 0) is 45.9 Å². The number of nitrogens with zero attached hydrogens (tertiary/aromatic N) is 4. The lowest BCUT2D eigenvalue weighted by molar-refractivity contribution is 0.0950. The van der Waals surface area contributed by atoms with Crippen molar-refractivity contribution in [2.24, 2.45) is 0 Å². The van der Waals surface area contributed by atoms with Crippen LogP contribution in [0.5, 0.6) is 0 Å². The summed E-state index contributed by atoms with van der Waals surface area (Å²) in [5.41, 5.74) is 3.29. The minimum absolute atomic E-state index is 0.155. The standard InChI is InChI=1S/C20H23N5O/c1-13(2)25-9-8-21-19(25)16-6-5-7-17(11-16)20(26)22-12-18-23-14(3)10-15(4)24-18/h5-11,13H,12H2,1-4H3,(H,22,26). The predicted octanol–water partition coefficient (Wildman–Crippen LogP) is 3.47. The van der Waals surface area contributed by atoms with Gasteiger partial charge in [0.15, 0.2) is 0 Å². The van der Waals surface area contributed by atoms with Gasteiger partial charge in [0, 0.05) is 41.0 Å². The Kier molecular flexibility index (Phi) is 5.11. The molecule has 6 nitrogen and oxygen atoms in total. The summed E-state index contributed by atoms with van der Waals surface area (Å²) in [4.78, 5) is 25.7. The van der Waals surface area contributed by atoms with Crippen LogP contribution in [0.15, 0.2) is 42.7 Å². The molecule has 0 bridgehead atoms. The topological polar surface area (TPSA) is 72.7 Å². The zero-order valence-electron chi connectivity index (χ0n) is 15.5. The van der Waals surface area contributed by atoms with Crippen molar-refractivity contribution in [2.45, 2.75) is 40.3 Å². The van der Waals surface area contributed by atoms with Gasteiger partial charge in [-0.2, -0.15) is 0 Å².